The fourth-order valence-corrected chi connectivity index (χ4v) is 5.09. The second-order valence-corrected chi connectivity index (χ2v) is 9.50. The maximum absolute atomic E-state index is 13.6. The second kappa shape index (κ2) is 10.7. The summed E-state index contributed by atoms with van der Waals surface area (Å²) in [6.07, 6.45) is 1.02. The summed E-state index contributed by atoms with van der Waals surface area (Å²) in [5.41, 5.74) is 4.04. The van der Waals surface area contributed by atoms with Crippen LogP contribution in [0.1, 0.15) is 42.7 Å². The topological polar surface area (TPSA) is 74.2 Å². The molecule has 34 heavy (non-hydrogen) atoms. The Hall–Kier alpha value is -2.77. The van der Waals surface area contributed by atoms with Crippen LogP contribution in [0, 0.1) is 5.92 Å². The maximum atomic E-state index is 13.6. The average molecular weight is 526 g/mol. The molecule has 7 heteroatoms. The number of carbonyl (C=O) groups excluding carboxylic acids is 2. The molecule has 1 heterocycles. The lowest BCUT2D eigenvalue weighted by Crippen LogP contribution is -2.38. The number of ether oxygens (including phenoxy) is 3. The fraction of sp³-hybridized carbons (Fsp3) is 0.370. The molecule has 3 unspecified atom stereocenters. The minimum atomic E-state index is -0.654. The SMILES string of the molecule is COCCOC(=O)C1C(C)=NC2=C(C(=O)CC(c3ccc(OC)cc3)C2)C1c1ccc(Br)cc1. The van der Waals surface area contributed by atoms with E-state index in [-0.39, 0.29) is 24.3 Å². The van der Waals surface area contributed by atoms with Gasteiger partial charge in [0.1, 0.15) is 18.3 Å². The number of carbonyl (C=O) groups is 2. The second-order valence-electron chi connectivity index (χ2n) is 8.58. The number of esters is 1. The molecule has 1 aliphatic heterocycles. The van der Waals surface area contributed by atoms with Gasteiger partial charge in [0.25, 0.3) is 0 Å². The summed E-state index contributed by atoms with van der Waals surface area (Å²) in [4.78, 5) is 31.5. The Morgan fingerprint density at radius 1 is 1.00 bits per heavy atom. The van der Waals surface area contributed by atoms with Gasteiger partial charge in [-0.15, -0.1) is 0 Å². The largest absolute Gasteiger partial charge is 0.497 e. The number of allylic oxidation sites excluding steroid dienone is 2. The summed E-state index contributed by atoms with van der Waals surface area (Å²) in [6.45, 7) is 2.32. The van der Waals surface area contributed by atoms with E-state index in [1.807, 2.05) is 55.5 Å². The van der Waals surface area contributed by atoms with Crippen molar-refractivity contribution in [1.82, 2.24) is 0 Å². The van der Waals surface area contributed by atoms with Gasteiger partial charge in [-0.3, -0.25) is 14.6 Å². The summed E-state index contributed by atoms with van der Waals surface area (Å²) in [5.74, 6) is -0.631. The van der Waals surface area contributed by atoms with Crippen LogP contribution in [0.3, 0.4) is 0 Å². The molecule has 0 saturated carbocycles. The number of rotatable bonds is 7. The van der Waals surface area contributed by atoms with E-state index in [4.69, 9.17) is 19.2 Å². The van der Waals surface area contributed by atoms with Gasteiger partial charge in [0.15, 0.2) is 5.78 Å². The van der Waals surface area contributed by atoms with E-state index in [0.29, 0.717) is 30.7 Å². The normalized spacial score (nSPS) is 22.2. The number of hydrogen-bond donors (Lipinski definition) is 0. The molecule has 2 aromatic carbocycles. The Balaban J connectivity index is 1.72. The van der Waals surface area contributed by atoms with Gasteiger partial charge in [-0.05, 0) is 54.7 Å². The molecule has 0 N–H and O–H groups in total. The summed E-state index contributed by atoms with van der Waals surface area (Å²) >= 11 is 3.48. The first-order chi connectivity index (χ1) is 16.4. The molecule has 0 spiro atoms. The number of nitrogens with zero attached hydrogens (tertiary/aromatic N) is 1. The summed E-state index contributed by atoms with van der Waals surface area (Å²) < 4.78 is 16.7. The molecule has 2 aromatic rings. The first kappa shape index (κ1) is 24.4. The molecule has 178 valence electrons. The first-order valence-corrected chi connectivity index (χ1v) is 12.1. The van der Waals surface area contributed by atoms with E-state index in [1.165, 1.54) is 0 Å². The van der Waals surface area contributed by atoms with Gasteiger partial charge in [-0.25, -0.2) is 0 Å². The quantitative estimate of drug-likeness (QED) is 0.365. The molecule has 0 bridgehead atoms. The van der Waals surface area contributed by atoms with Crippen LogP contribution in [-0.2, 0) is 19.1 Å². The van der Waals surface area contributed by atoms with E-state index in [2.05, 4.69) is 15.9 Å². The Morgan fingerprint density at radius 2 is 1.68 bits per heavy atom. The summed E-state index contributed by atoms with van der Waals surface area (Å²) in [6, 6.07) is 15.6. The molecule has 0 aromatic heterocycles. The number of Topliss-reactive ketones (excluding diaryl/α,β-unsaturated/α-hetero) is 1. The molecule has 0 fully saturated rings. The molecule has 3 atom stereocenters. The maximum Gasteiger partial charge on any atom is 0.315 e. The van der Waals surface area contributed by atoms with Crippen LogP contribution < -0.4 is 4.74 Å². The lowest BCUT2D eigenvalue weighted by Gasteiger charge is -2.36. The van der Waals surface area contributed by atoms with E-state index in [0.717, 1.165) is 27.0 Å². The monoisotopic (exact) mass is 525 g/mol. The lowest BCUT2D eigenvalue weighted by atomic mass is 9.69. The van der Waals surface area contributed by atoms with Gasteiger partial charge < -0.3 is 14.2 Å². The standard InChI is InChI=1S/C27H28BrNO5/c1-16-24(27(31)34-13-12-32-2)25(18-4-8-20(28)9-5-18)26-22(29-16)14-19(15-23(26)30)17-6-10-21(33-3)11-7-17/h4-11,19,24-25H,12-15H2,1-3H3. The van der Waals surface area contributed by atoms with E-state index in [1.54, 1.807) is 14.2 Å². The highest BCUT2D eigenvalue weighted by atomic mass is 79.9. The smallest absolute Gasteiger partial charge is 0.315 e. The Kier molecular flexibility index (Phi) is 7.63. The van der Waals surface area contributed by atoms with Crippen molar-refractivity contribution in [2.24, 2.45) is 10.9 Å². The molecule has 6 nitrogen and oxygen atoms in total. The van der Waals surface area contributed by atoms with Crippen LogP contribution >= 0.6 is 15.9 Å². The summed E-state index contributed by atoms with van der Waals surface area (Å²) in [5, 5.41) is 0. The molecule has 0 saturated heterocycles. The Morgan fingerprint density at radius 3 is 2.32 bits per heavy atom. The van der Waals surface area contributed by atoms with Crippen molar-refractivity contribution in [3.63, 3.8) is 0 Å². The van der Waals surface area contributed by atoms with E-state index >= 15 is 0 Å². The van der Waals surface area contributed by atoms with Gasteiger partial charge in [-0.1, -0.05) is 40.2 Å². The van der Waals surface area contributed by atoms with Crippen LogP contribution in [0.15, 0.2) is 69.3 Å². The predicted molar refractivity (Wildman–Crippen MR) is 133 cm³/mol. The molecule has 0 radical (unpaired) electrons. The first-order valence-electron chi connectivity index (χ1n) is 11.3. The third-order valence-electron chi connectivity index (χ3n) is 6.49. The van der Waals surface area contributed by atoms with Crippen molar-refractivity contribution >= 4 is 33.4 Å². The Labute approximate surface area is 208 Å². The van der Waals surface area contributed by atoms with Gasteiger partial charge in [-0.2, -0.15) is 0 Å². The van der Waals surface area contributed by atoms with Crippen LogP contribution in [0.5, 0.6) is 5.75 Å². The van der Waals surface area contributed by atoms with Crippen LogP contribution in [0.2, 0.25) is 0 Å². The van der Waals surface area contributed by atoms with Crippen LogP contribution in [0.25, 0.3) is 0 Å². The van der Waals surface area contributed by atoms with Crippen molar-refractivity contribution in [2.75, 3.05) is 27.4 Å². The highest BCUT2D eigenvalue weighted by molar-refractivity contribution is 9.10. The average Bonchev–Trinajstić information content (AvgIpc) is 2.83. The van der Waals surface area contributed by atoms with Gasteiger partial charge in [0.2, 0.25) is 0 Å². The zero-order valence-corrected chi connectivity index (χ0v) is 21.1. The highest BCUT2D eigenvalue weighted by Gasteiger charge is 2.44. The van der Waals surface area contributed by atoms with Crippen LogP contribution in [-0.4, -0.2) is 44.9 Å². The zero-order chi connectivity index (χ0) is 24.2. The third kappa shape index (κ3) is 5.00. The minimum Gasteiger partial charge on any atom is -0.497 e. The fourth-order valence-electron chi connectivity index (χ4n) is 4.82. The van der Waals surface area contributed by atoms with Crippen molar-refractivity contribution < 1.29 is 23.8 Å². The van der Waals surface area contributed by atoms with Crippen LogP contribution in [0.4, 0.5) is 0 Å². The van der Waals surface area contributed by atoms with E-state index in [9.17, 15) is 9.59 Å². The number of halogens is 1. The molecule has 4 rings (SSSR count). The number of aliphatic imine (C=N–C) groups is 1. The molecule has 1 aliphatic carbocycles. The molecular weight excluding hydrogens is 498 g/mol. The number of methoxy groups -OCH3 is 2. The lowest BCUT2D eigenvalue weighted by molar-refractivity contribution is -0.147. The number of ketones is 1. The predicted octanol–water partition coefficient (Wildman–Crippen LogP) is 5.22. The van der Waals surface area contributed by atoms with Crippen molar-refractivity contribution in [1.29, 1.82) is 0 Å². The van der Waals surface area contributed by atoms with Crippen molar-refractivity contribution in [3.05, 3.63) is 75.4 Å². The highest BCUT2D eigenvalue weighted by Crippen LogP contribution is 2.47. The van der Waals surface area contributed by atoms with Gasteiger partial charge in [0, 0.05) is 40.9 Å². The Bertz CT molecular complexity index is 1120. The molecule has 0 amide bonds. The summed E-state index contributed by atoms with van der Waals surface area (Å²) in [7, 11) is 3.19. The number of hydrogen-bond acceptors (Lipinski definition) is 6. The zero-order valence-electron chi connectivity index (χ0n) is 19.5. The van der Waals surface area contributed by atoms with Gasteiger partial charge >= 0.3 is 5.97 Å². The van der Waals surface area contributed by atoms with Crippen molar-refractivity contribution in [2.45, 2.75) is 31.6 Å². The van der Waals surface area contributed by atoms with Gasteiger partial charge in [0.05, 0.1) is 13.7 Å². The third-order valence-corrected chi connectivity index (χ3v) is 7.02. The number of benzene rings is 2. The van der Waals surface area contributed by atoms with E-state index < -0.39 is 11.8 Å². The molecular formula is C27H28BrNO5. The van der Waals surface area contributed by atoms with Crippen molar-refractivity contribution in [3.8, 4) is 5.75 Å². The minimum absolute atomic E-state index is 0.0286. The molecule has 2 aliphatic rings.